The molecule has 3 heteroatoms. The van der Waals surface area contributed by atoms with Gasteiger partial charge in [-0.25, -0.2) is 0 Å². The van der Waals surface area contributed by atoms with Gasteiger partial charge in [0.25, 0.3) is 0 Å². The summed E-state index contributed by atoms with van der Waals surface area (Å²) in [5.74, 6) is 0.583. The molecule has 0 radical (unpaired) electrons. The maximum Gasteiger partial charge on any atom is 0.153 e. The SMILES string of the molecule is CC1(C)C=Cc2c(ccc(C=O)c2O)O1. The highest BCUT2D eigenvalue weighted by molar-refractivity contribution is 5.84. The lowest BCUT2D eigenvalue weighted by Crippen LogP contribution is -2.27. The number of hydrogen-bond acceptors (Lipinski definition) is 3. The van der Waals surface area contributed by atoms with Crippen LogP contribution in [0.5, 0.6) is 11.5 Å². The highest BCUT2D eigenvalue weighted by Gasteiger charge is 2.24. The molecule has 1 N–H and O–H groups in total. The van der Waals surface area contributed by atoms with Crippen LogP contribution >= 0.6 is 0 Å². The number of aldehydes is 1. The number of aromatic hydroxyl groups is 1. The molecule has 0 atom stereocenters. The van der Waals surface area contributed by atoms with Crippen molar-refractivity contribution in [3.8, 4) is 11.5 Å². The summed E-state index contributed by atoms with van der Waals surface area (Å²) < 4.78 is 5.64. The van der Waals surface area contributed by atoms with E-state index in [1.54, 1.807) is 18.2 Å². The Labute approximate surface area is 88.0 Å². The first-order valence-electron chi connectivity index (χ1n) is 4.73. The molecular weight excluding hydrogens is 192 g/mol. The number of benzene rings is 1. The van der Waals surface area contributed by atoms with E-state index in [4.69, 9.17) is 4.74 Å². The number of phenolic OH excluding ortho intramolecular Hbond substituents is 1. The number of phenols is 1. The van der Waals surface area contributed by atoms with Gasteiger partial charge in [0.1, 0.15) is 17.1 Å². The van der Waals surface area contributed by atoms with Gasteiger partial charge in [0.15, 0.2) is 6.29 Å². The first-order chi connectivity index (χ1) is 7.03. The first-order valence-corrected chi connectivity index (χ1v) is 4.73. The second-order valence-corrected chi connectivity index (χ2v) is 4.07. The number of hydrogen-bond donors (Lipinski definition) is 1. The summed E-state index contributed by atoms with van der Waals surface area (Å²) in [4.78, 5) is 10.6. The Hall–Kier alpha value is -1.77. The van der Waals surface area contributed by atoms with E-state index in [2.05, 4.69) is 0 Å². The normalized spacial score (nSPS) is 16.7. The van der Waals surface area contributed by atoms with E-state index in [-0.39, 0.29) is 16.9 Å². The zero-order valence-electron chi connectivity index (χ0n) is 8.65. The van der Waals surface area contributed by atoms with Crippen LogP contribution in [0.4, 0.5) is 0 Å². The molecule has 1 aliphatic rings. The minimum atomic E-state index is -0.373. The number of fused-ring (bicyclic) bond motifs is 1. The third-order valence-electron chi connectivity index (χ3n) is 2.36. The third kappa shape index (κ3) is 1.61. The van der Waals surface area contributed by atoms with Gasteiger partial charge in [-0.1, -0.05) is 0 Å². The van der Waals surface area contributed by atoms with Crippen LogP contribution in [0.3, 0.4) is 0 Å². The summed E-state index contributed by atoms with van der Waals surface area (Å²) in [6, 6.07) is 3.25. The Morgan fingerprint density at radius 3 is 2.80 bits per heavy atom. The van der Waals surface area contributed by atoms with Crippen LogP contribution in [0.2, 0.25) is 0 Å². The summed E-state index contributed by atoms with van der Waals surface area (Å²) in [5.41, 5.74) is 0.475. The third-order valence-corrected chi connectivity index (χ3v) is 2.36. The van der Waals surface area contributed by atoms with Gasteiger partial charge < -0.3 is 9.84 Å². The first kappa shape index (κ1) is 9.77. The predicted molar refractivity (Wildman–Crippen MR) is 57.2 cm³/mol. The van der Waals surface area contributed by atoms with E-state index >= 15 is 0 Å². The molecule has 78 valence electrons. The molecule has 1 aromatic carbocycles. The van der Waals surface area contributed by atoms with E-state index in [0.29, 0.717) is 17.6 Å². The molecule has 0 aliphatic carbocycles. The van der Waals surface area contributed by atoms with Crippen LogP contribution in [0, 0.1) is 0 Å². The lowest BCUT2D eigenvalue weighted by Gasteiger charge is -2.28. The summed E-state index contributed by atoms with van der Waals surface area (Å²) in [6.07, 6.45) is 4.26. The van der Waals surface area contributed by atoms with Crippen molar-refractivity contribution in [2.75, 3.05) is 0 Å². The van der Waals surface area contributed by atoms with Gasteiger partial charge in [0, 0.05) is 0 Å². The molecular formula is C12H12O3. The van der Waals surface area contributed by atoms with Gasteiger partial charge in [0.2, 0.25) is 0 Å². The van der Waals surface area contributed by atoms with Crippen LogP contribution in [0.1, 0.15) is 29.8 Å². The second-order valence-electron chi connectivity index (χ2n) is 4.07. The molecule has 1 heterocycles. The van der Waals surface area contributed by atoms with Crippen LogP contribution in [-0.4, -0.2) is 17.0 Å². The maximum absolute atomic E-state index is 10.6. The molecule has 3 nitrogen and oxygen atoms in total. The highest BCUT2D eigenvalue weighted by atomic mass is 16.5. The molecule has 0 saturated heterocycles. The van der Waals surface area contributed by atoms with Crippen molar-refractivity contribution in [2.45, 2.75) is 19.4 Å². The minimum absolute atomic E-state index is 0.0192. The number of rotatable bonds is 1. The van der Waals surface area contributed by atoms with E-state index < -0.39 is 0 Å². The maximum atomic E-state index is 10.6. The van der Waals surface area contributed by atoms with E-state index in [1.807, 2.05) is 19.9 Å². The Balaban J connectivity index is 2.57. The highest BCUT2D eigenvalue weighted by Crippen LogP contribution is 2.37. The lowest BCUT2D eigenvalue weighted by molar-refractivity contribution is 0.112. The summed E-state index contributed by atoms with van der Waals surface area (Å²) in [5, 5.41) is 9.74. The van der Waals surface area contributed by atoms with Gasteiger partial charge >= 0.3 is 0 Å². The minimum Gasteiger partial charge on any atom is -0.506 e. The van der Waals surface area contributed by atoms with Crippen molar-refractivity contribution < 1.29 is 14.6 Å². The molecule has 0 aromatic heterocycles. The smallest absolute Gasteiger partial charge is 0.153 e. The summed E-state index contributed by atoms with van der Waals surface area (Å²) in [7, 11) is 0. The Kier molecular flexibility index (Phi) is 2.03. The molecule has 15 heavy (non-hydrogen) atoms. The zero-order valence-corrected chi connectivity index (χ0v) is 8.65. The molecule has 0 spiro atoms. The van der Waals surface area contributed by atoms with Gasteiger partial charge in [-0.3, -0.25) is 4.79 Å². The summed E-state index contributed by atoms with van der Waals surface area (Å²) >= 11 is 0. The molecule has 0 bridgehead atoms. The fourth-order valence-electron chi connectivity index (χ4n) is 1.55. The zero-order chi connectivity index (χ0) is 11.1. The van der Waals surface area contributed by atoms with Crippen LogP contribution < -0.4 is 4.74 Å². The number of carbonyl (C=O) groups excluding carboxylic acids is 1. The van der Waals surface area contributed by atoms with Gasteiger partial charge in [0.05, 0.1) is 11.1 Å². The summed E-state index contributed by atoms with van der Waals surface area (Å²) in [6.45, 7) is 3.86. The fourth-order valence-corrected chi connectivity index (χ4v) is 1.55. The lowest BCUT2D eigenvalue weighted by atomic mass is 10.00. The average Bonchev–Trinajstić information content (AvgIpc) is 2.16. The second kappa shape index (κ2) is 3.12. The van der Waals surface area contributed by atoms with Crippen molar-refractivity contribution in [1.82, 2.24) is 0 Å². The van der Waals surface area contributed by atoms with Crippen molar-refractivity contribution in [2.24, 2.45) is 0 Å². The van der Waals surface area contributed by atoms with Crippen LogP contribution in [0.15, 0.2) is 18.2 Å². The number of ether oxygens (including phenoxy) is 1. The largest absolute Gasteiger partial charge is 0.506 e. The predicted octanol–water partition coefficient (Wildman–Crippen LogP) is 2.39. The standard InChI is InChI=1S/C12H12O3/c1-12(2)6-5-9-10(15-12)4-3-8(7-13)11(9)14/h3-7,14H,1-2H3. The van der Waals surface area contributed by atoms with Crippen molar-refractivity contribution in [1.29, 1.82) is 0 Å². The van der Waals surface area contributed by atoms with E-state index in [9.17, 15) is 9.90 Å². The molecule has 0 saturated carbocycles. The topological polar surface area (TPSA) is 46.5 Å². The van der Waals surface area contributed by atoms with Crippen molar-refractivity contribution in [3.63, 3.8) is 0 Å². The Bertz CT molecular complexity index is 444. The molecule has 0 unspecified atom stereocenters. The molecule has 0 amide bonds. The van der Waals surface area contributed by atoms with E-state index in [0.717, 1.165) is 0 Å². The van der Waals surface area contributed by atoms with Crippen LogP contribution in [0.25, 0.3) is 6.08 Å². The van der Waals surface area contributed by atoms with Gasteiger partial charge in [-0.15, -0.1) is 0 Å². The molecule has 2 rings (SSSR count). The number of carbonyl (C=O) groups is 1. The Morgan fingerprint density at radius 1 is 1.40 bits per heavy atom. The quantitative estimate of drug-likeness (QED) is 0.714. The Morgan fingerprint density at radius 2 is 2.13 bits per heavy atom. The fraction of sp³-hybridized carbons (Fsp3) is 0.250. The molecule has 1 aromatic rings. The monoisotopic (exact) mass is 204 g/mol. The molecule has 0 fully saturated rings. The van der Waals surface area contributed by atoms with Gasteiger partial charge in [-0.05, 0) is 38.1 Å². The van der Waals surface area contributed by atoms with E-state index in [1.165, 1.54) is 0 Å². The van der Waals surface area contributed by atoms with Crippen molar-refractivity contribution >= 4 is 12.4 Å². The molecule has 1 aliphatic heterocycles. The van der Waals surface area contributed by atoms with Gasteiger partial charge in [-0.2, -0.15) is 0 Å². The van der Waals surface area contributed by atoms with Crippen LogP contribution in [-0.2, 0) is 0 Å². The van der Waals surface area contributed by atoms with Crippen molar-refractivity contribution in [3.05, 3.63) is 29.3 Å². The average molecular weight is 204 g/mol.